The summed E-state index contributed by atoms with van der Waals surface area (Å²) in [5, 5.41) is 8.20. The standard InChI is InChI=1S/C36H46N4O6/c1-6-24(2)31(34(43)38-29(32(37)41)21-25-13-9-7-10-14-25)40-33(42)30(39-35(44)46-36(3,4)5)22-26-17-19-28(20-18-26)45-23-27-15-11-8-12-16-27/h7-20,24,29-31H,6,21-23H2,1-5H3,(H2,37,41)(H,38,43)(H,39,44)(H,40,42)/t24-,29-,30+,31-/m0/s1. The molecular weight excluding hydrogens is 584 g/mol. The van der Waals surface area contributed by atoms with Gasteiger partial charge in [-0.25, -0.2) is 4.79 Å². The Labute approximate surface area is 271 Å². The molecule has 0 saturated heterocycles. The molecule has 46 heavy (non-hydrogen) atoms. The van der Waals surface area contributed by atoms with E-state index in [4.69, 9.17) is 15.2 Å². The van der Waals surface area contributed by atoms with Crippen LogP contribution in [0.5, 0.6) is 5.75 Å². The third-order valence-electron chi connectivity index (χ3n) is 7.35. The fourth-order valence-corrected chi connectivity index (χ4v) is 4.65. The summed E-state index contributed by atoms with van der Waals surface area (Å²) in [6.45, 7) is 9.31. The van der Waals surface area contributed by atoms with Crippen molar-refractivity contribution in [2.24, 2.45) is 11.7 Å². The first-order chi connectivity index (χ1) is 21.8. The molecule has 5 N–H and O–H groups in total. The Kier molecular flexibility index (Phi) is 13.2. The molecule has 0 radical (unpaired) electrons. The fourth-order valence-electron chi connectivity index (χ4n) is 4.65. The van der Waals surface area contributed by atoms with Crippen LogP contribution in [0.1, 0.15) is 57.7 Å². The van der Waals surface area contributed by atoms with Crippen LogP contribution in [-0.2, 0) is 38.6 Å². The average Bonchev–Trinajstić information content (AvgIpc) is 3.02. The average molecular weight is 631 g/mol. The molecule has 0 spiro atoms. The van der Waals surface area contributed by atoms with Crippen molar-refractivity contribution in [2.75, 3.05) is 0 Å². The highest BCUT2D eigenvalue weighted by atomic mass is 16.6. The van der Waals surface area contributed by atoms with E-state index in [1.165, 1.54) is 0 Å². The molecule has 0 aliphatic carbocycles. The molecule has 10 heteroatoms. The molecule has 10 nitrogen and oxygen atoms in total. The summed E-state index contributed by atoms with van der Waals surface area (Å²) in [6, 6.07) is 23.2. The summed E-state index contributed by atoms with van der Waals surface area (Å²) in [5.41, 5.74) is 7.46. The Morgan fingerprint density at radius 3 is 1.80 bits per heavy atom. The molecule has 0 aliphatic rings. The van der Waals surface area contributed by atoms with Crippen molar-refractivity contribution < 1.29 is 28.7 Å². The summed E-state index contributed by atoms with van der Waals surface area (Å²) in [4.78, 5) is 52.3. The molecule has 3 aromatic carbocycles. The Morgan fingerprint density at radius 1 is 0.717 bits per heavy atom. The zero-order valence-electron chi connectivity index (χ0n) is 27.2. The van der Waals surface area contributed by atoms with E-state index in [1.54, 1.807) is 32.9 Å². The van der Waals surface area contributed by atoms with Crippen LogP contribution in [-0.4, -0.2) is 47.5 Å². The predicted molar refractivity (Wildman–Crippen MR) is 177 cm³/mol. The normalized spacial score (nSPS) is 13.8. The number of nitrogens with two attached hydrogens (primary N) is 1. The number of rotatable bonds is 15. The van der Waals surface area contributed by atoms with Crippen LogP contribution in [0.4, 0.5) is 4.79 Å². The van der Waals surface area contributed by atoms with Gasteiger partial charge < -0.3 is 31.2 Å². The van der Waals surface area contributed by atoms with Crippen molar-refractivity contribution in [3.8, 4) is 5.75 Å². The second-order valence-electron chi connectivity index (χ2n) is 12.3. The summed E-state index contributed by atoms with van der Waals surface area (Å²) in [7, 11) is 0. The van der Waals surface area contributed by atoms with E-state index in [0.29, 0.717) is 18.8 Å². The minimum absolute atomic E-state index is 0.122. The van der Waals surface area contributed by atoms with E-state index in [9.17, 15) is 19.2 Å². The molecule has 3 rings (SSSR count). The van der Waals surface area contributed by atoms with E-state index >= 15 is 0 Å². The summed E-state index contributed by atoms with van der Waals surface area (Å²) >= 11 is 0. The smallest absolute Gasteiger partial charge is 0.408 e. The monoisotopic (exact) mass is 630 g/mol. The van der Waals surface area contributed by atoms with Crippen LogP contribution in [0, 0.1) is 5.92 Å². The highest BCUT2D eigenvalue weighted by Crippen LogP contribution is 2.17. The lowest BCUT2D eigenvalue weighted by Gasteiger charge is -2.28. The quantitative estimate of drug-likeness (QED) is 0.195. The van der Waals surface area contributed by atoms with Gasteiger partial charge in [0.1, 0.15) is 36.1 Å². The van der Waals surface area contributed by atoms with Crippen LogP contribution in [0.15, 0.2) is 84.9 Å². The van der Waals surface area contributed by atoms with E-state index in [0.717, 1.165) is 16.7 Å². The van der Waals surface area contributed by atoms with Crippen molar-refractivity contribution in [1.82, 2.24) is 16.0 Å². The molecule has 3 aromatic rings. The van der Waals surface area contributed by atoms with Gasteiger partial charge in [-0.15, -0.1) is 0 Å². The highest BCUT2D eigenvalue weighted by Gasteiger charge is 2.32. The Balaban J connectivity index is 1.76. The zero-order valence-corrected chi connectivity index (χ0v) is 27.2. The zero-order chi connectivity index (χ0) is 33.7. The Morgan fingerprint density at radius 2 is 1.26 bits per heavy atom. The molecule has 0 saturated carbocycles. The van der Waals surface area contributed by atoms with Gasteiger partial charge >= 0.3 is 6.09 Å². The van der Waals surface area contributed by atoms with Gasteiger partial charge in [0.2, 0.25) is 17.7 Å². The number of hydrogen-bond donors (Lipinski definition) is 4. The van der Waals surface area contributed by atoms with E-state index in [2.05, 4.69) is 16.0 Å². The van der Waals surface area contributed by atoms with Crippen LogP contribution in [0.3, 0.4) is 0 Å². The van der Waals surface area contributed by atoms with Gasteiger partial charge in [0.15, 0.2) is 0 Å². The lowest BCUT2D eigenvalue weighted by atomic mass is 9.96. The second-order valence-corrected chi connectivity index (χ2v) is 12.3. The maximum Gasteiger partial charge on any atom is 0.408 e. The molecule has 0 aliphatic heterocycles. The minimum atomic E-state index is -1.07. The number of carbonyl (C=O) groups excluding carboxylic acids is 4. The van der Waals surface area contributed by atoms with Crippen LogP contribution >= 0.6 is 0 Å². The molecule has 0 unspecified atom stereocenters. The number of amides is 4. The molecule has 0 fully saturated rings. The first-order valence-electron chi connectivity index (χ1n) is 15.5. The van der Waals surface area contributed by atoms with Crippen LogP contribution < -0.4 is 26.4 Å². The molecular formula is C36H46N4O6. The van der Waals surface area contributed by atoms with E-state index in [1.807, 2.05) is 86.6 Å². The van der Waals surface area contributed by atoms with Gasteiger partial charge in [-0.3, -0.25) is 14.4 Å². The fraction of sp³-hybridized carbons (Fsp3) is 0.389. The number of primary amides is 1. The minimum Gasteiger partial charge on any atom is -0.489 e. The number of benzene rings is 3. The lowest BCUT2D eigenvalue weighted by molar-refractivity contribution is -0.133. The van der Waals surface area contributed by atoms with Gasteiger partial charge in [-0.2, -0.15) is 0 Å². The van der Waals surface area contributed by atoms with Crippen LogP contribution in [0.2, 0.25) is 0 Å². The molecule has 0 aromatic heterocycles. The molecule has 0 bridgehead atoms. The van der Waals surface area contributed by atoms with Crippen molar-refractivity contribution >= 4 is 23.8 Å². The van der Waals surface area contributed by atoms with Crippen LogP contribution in [0.25, 0.3) is 0 Å². The van der Waals surface area contributed by atoms with Crippen molar-refractivity contribution in [1.29, 1.82) is 0 Å². The number of ether oxygens (including phenoxy) is 2. The highest BCUT2D eigenvalue weighted by molar-refractivity contribution is 5.94. The third kappa shape index (κ3) is 11.9. The van der Waals surface area contributed by atoms with Gasteiger partial charge in [0.25, 0.3) is 0 Å². The number of carbonyl (C=O) groups is 4. The topological polar surface area (TPSA) is 149 Å². The van der Waals surface area contributed by atoms with Gasteiger partial charge in [-0.1, -0.05) is 93.1 Å². The first kappa shape index (κ1) is 35.6. The lowest BCUT2D eigenvalue weighted by Crippen LogP contribution is -2.59. The number of alkyl carbamates (subject to hydrolysis) is 1. The Bertz CT molecular complexity index is 1420. The number of hydrogen-bond acceptors (Lipinski definition) is 6. The predicted octanol–water partition coefficient (Wildman–Crippen LogP) is 4.45. The SMILES string of the molecule is CC[C@H](C)[C@H](NC(=O)[C@@H](Cc1ccc(OCc2ccccc2)cc1)NC(=O)OC(C)(C)C)C(=O)N[C@@H](Cc1ccccc1)C(N)=O. The third-order valence-corrected chi connectivity index (χ3v) is 7.35. The van der Waals surface area contributed by atoms with E-state index < -0.39 is 47.5 Å². The first-order valence-corrected chi connectivity index (χ1v) is 15.5. The maximum absolute atomic E-state index is 13.7. The second kappa shape index (κ2) is 17.0. The molecule has 0 heterocycles. The number of nitrogens with one attached hydrogen (secondary N) is 3. The maximum atomic E-state index is 13.7. The largest absolute Gasteiger partial charge is 0.489 e. The van der Waals surface area contributed by atoms with Crippen molar-refractivity contribution in [3.63, 3.8) is 0 Å². The van der Waals surface area contributed by atoms with Gasteiger partial charge in [0, 0.05) is 12.8 Å². The van der Waals surface area contributed by atoms with Crippen molar-refractivity contribution in [3.05, 3.63) is 102 Å². The molecule has 246 valence electrons. The summed E-state index contributed by atoms with van der Waals surface area (Å²) in [6.07, 6.45) is 0.123. The van der Waals surface area contributed by atoms with Crippen molar-refractivity contribution in [2.45, 2.75) is 84.2 Å². The molecule has 4 amide bonds. The summed E-state index contributed by atoms with van der Waals surface area (Å²) in [5.74, 6) is -1.45. The van der Waals surface area contributed by atoms with E-state index in [-0.39, 0.29) is 18.8 Å². The Hall–Kier alpha value is -4.86. The van der Waals surface area contributed by atoms with Gasteiger partial charge in [0.05, 0.1) is 0 Å². The van der Waals surface area contributed by atoms with Gasteiger partial charge in [-0.05, 0) is 55.5 Å². The summed E-state index contributed by atoms with van der Waals surface area (Å²) < 4.78 is 11.3. The molecule has 4 atom stereocenters.